The van der Waals surface area contributed by atoms with Crippen molar-refractivity contribution in [1.29, 1.82) is 0 Å². The van der Waals surface area contributed by atoms with Gasteiger partial charge in [0.1, 0.15) is 0 Å². The van der Waals surface area contributed by atoms with Gasteiger partial charge in [-0.25, -0.2) is 0 Å². The third-order valence-electron chi connectivity index (χ3n) is 1.88. The molecule has 0 spiro atoms. The summed E-state index contributed by atoms with van der Waals surface area (Å²) in [5.74, 6) is 0. The SMILES string of the molecule is C.C.CC.CC.CC.CC.CC.Cc1ccccc1.Cc1ccccc1. The maximum atomic E-state index is 2.08. The molecule has 0 aliphatic heterocycles. The van der Waals surface area contributed by atoms with Gasteiger partial charge < -0.3 is 0 Å². The zero-order valence-corrected chi connectivity index (χ0v) is 18.8. The second kappa shape index (κ2) is 56.6. The van der Waals surface area contributed by atoms with Gasteiger partial charge in [-0.1, -0.05) is 156 Å². The second-order valence-corrected chi connectivity index (χ2v) is 3.31. The van der Waals surface area contributed by atoms with E-state index < -0.39 is 0 Å². The van der Waals surface area contributed by atoms with Gasteiger partial charge in [0.15, 0.2) is 0 Å². The Hall–Kier alpha value is -1.56. The molecule has 0 amide bonds. The number of hydrogen-bond donors (Lipinski definition) is 0. The topological polar surface area (TPSA) is 0 Å². The Morgan fingerprint density at radius 2 is 0.500 bits per heavy atom. The van der Waals surface area contributed by atoms with Crippen LogP contribution < -0.4 is 0 Å². The summed E-state index contributed by atoms with van der Waals surface area (Å²) in [6, 6.07) is 20.5. The fraction of sp³-hybridized carbons (Fsp3) is 0.538. The first-order valence-electron chi connectivity index (χ1n) is 9.82. The van der Waals surface area contributed by atoms with Crippen molar-refractivity contribution in [3.8, 4) is 0 Å². The average molecular weight is 367 g/mol. The number of aryl methyl sites for hydroxylation is 2. The van der Waals surface area contributed by atoms with Crippen LogP contribution in [0.5, 0.6) is 0 Å². The van der Waals surface area contributed by atoms with Crippen molar-refractivity contribution in [2.75, 3.05) is 0 Å². The summed E-state index contributed by atoms with van der Waals surface area (Å²) in [5, 5.41) is 0. The molecule has 0 fully saturated rings. The molecule has 2 aromatic carbocycles. The van der Waals surface area contributed by atoms with Crippen LogP contribution in [0.15, 0.2) is 60.7 Å². The highest BCUT2D eigenvalue weighted by Crippen LogP contribution is 1.92. The van der Waals surface area contributed by atoms with Crippen LogP contribution in [0, 0.1) is 13.8 Å². The lowest BCUT2D eigenvalue weighted by Gasteiger charge is -1.82. The molecule has 0 aliphatic rings. The summed E-state index contributed by atoms with van der Waals surface area (Å²) in [4.78, 5) is 0. The monoisotopic (exact) mass is 366 g/mol. The summed E-state index contributed by atoms with van der Waals surface area (Å²) in [6.07, 6.45) is 0. The van der Waals surface area contributed by atoms with E-state index in [1.165, 1.54) is 11.1 Å². The van der Waals surface area contributed by atoms with Crippen LogP contribution in [0.2, 0.25) is 0 Å². The minimum Gasteiger partial charge on any atom is -0.0776 e. The van der Waals surface area contributed by atoms with E-state index in [1.807, 2.05) is 106 Å². The van der Waals surface area contributed by atoms with Gasteiger partial charge in [0.2, 0.25) is 0 Å². The first-order chi connectivity index (χ1) is 11.8. The van der Waals surface area contributed by atoms with E-state index in [-0.39, 0.29) is 14.9 Å². The first kappa shape index (κ1) is 44.1. The van der Waals surface area contributed by atoms with Crippen molar-refractivity contribution < 1.29 is 0 Å². The maximum Gasteiger partial charge on any atom is -0.0398 e. The van der Waals surface area contributed by atoms with Crippen LogP contribution in [0.1, 0.15) is 95.2 Å². The molecule has 26 heavy (non-hydrogen) atoms. The predicted molar refractivity (Wildman–Crippen MR) is 133 cm³/mol. The summed E-state index contributed by atoms with van der Waals surface area (Å²) in [5.41, 5.74) is 2.64. The minimum absolute atomic E-state index is 0. The molecule has 0 unspecified atom stereocenters. The summed E-state index contributed by atoms with van der Waals surface area (Å²) in [7, 11) is 0. The van der Waals surface area contributed by atoms with Gasteiger partial charge in [0.05, 0.1) is 0 Å². The van der Waals surface area contributed by atoms with E-state index in [9.17, 15) is 0 Å². The third-order valence-corrected chi connectivity index (χ3v) is 1.88. The lowest BCUT2D eigenvalue weighted by molar-refractivity contribution is 1.48. The number of hydrogen-bond acceptors (Lipinski definition) is 0. The van der Waals surface area contributed by atoms with E-state index in [0.717, 1.165) is 0 Å². The largest absolute Gasteiger partial charge is 0.0776 e. The molecule has 0 N–H and O–H groups in total. The van der Waals surface area contributed by atoms with Crippen molar-refractivity contribution in [3.05, 3.63) is 71.8 Å². The van der Waals surface area contributed by atoms with Crippen LogP contribution in [0.3, 0.4) is 0 Å². The van der Waals surface area contributed by atoms with Gasteiger partial charge in [-0.3, -0.25) is 0 Å². The Kier molecular flexibility index (Phi) is 96.1. The average Bonchev–Trinajstić information content (AvgIpc) is 2.71. The highest BCUT2D eigenvalue weighted by atomic mass is 13.8. The van der Waals surface area contributed by atoms with E-state index in [0.29, 0.717) is 0 Å². The van der Waals surface area contributed by atoms with Crippen LogP contribution in [-0.4, -0.2) is 0 Å². The van der Waals surface area contributed by atoms with Crippen LogP contribution in [-0.2, 0) is 0 Å². The molecule has 158 valence electrons. The van der Waals surface area contributed by atoms with Gasteiger partial charge in [-0.2, -0.15) is 0 Å². The lowest BCUT2D eigenvalue weighted by Crippen LogP contribution is -1.62. The molecule has 0 heterocycles. The first-order valence-corrected chi connectivity index (χ1v) is 9.82. The molecule has 2 aromatic rings. The van der Waals surface area contributed by atoms with E-state index >= 15 is 0 Å². The van der Waals surface area contributed by atoms with Crippen LogP contribution in [0.4, 0.5) is 0 Å². The molecule has 2 rings (SSSR count). The normalized spacial score (nSPS) is 5.85. The zero-order valence-electron chi connectivity index (χ0n) is 18.8. The Morgan fingerprint density at radius 1 is 0.346 bits per heavy atom. The molecular weight excluding hydrogens is 312 g/mol. The van der Waals surface area contributed by atoms with Gasteiger partial charge in [0, 0.05) is 0 Å². The fourth-order valence-corrected chi connectivity index (χ4v) is 1.07. The summed E-state index contributed by atoms with van der Waals surface area (Å²) < 4.78 is 0. The van der Waals surface area contributed by atoms with Crippen LogP contribution >= 0.6 is 0 Å². The van der Waals surface area contributed by atoms with E-state index in [1.54, 1.807) is 0 Å². The van der Waals surface area contributed by atoms with E-state index in [2.05, 4.69) is 38.1 Å². The molecule has 0 radical (unpaired) electrons. The smallest absolute Gasteiger partial charge is 0.0398 e. The molecule has 0 nitrogen and oxygen atoms in total. The summed E-state index contributed by atoms with van der Waals surface area (Å²) >= 11 is 0. The Labute approximate surface area is 170 Å². The van der Waals surface area contributed by atoms with Crippen LogP contribution in [0.25, 0.3) is 0 Å². The zero-order chi connectivity index (χ0) is 20.2. The minimum atomic E-state index is 0. The molecule has 0 bridgehead atoms. The molecule has 0 aromatic heterocycles. The number of rotatable bonds is 0. The molecular formula is C26H54. The molecule has 0 heteroatoms. The Morgan fingerprint density at radius 3 is 0.577 bits per heavy atom. The molecule has 0 saturated carbocycles. The quantitative estimate of drug-likeness (QED) is 0.435. The van der Waals surface area contributed by atoms with Gasteiger partial charge in [-0.15, -0.1) is 0 Å². The second-order valence-electron chi connectivity index (χ2n) is 3.31. The Balaban J connectivity index is -0.0000000359. The molecule has 0 saturated heterocycles. The van der Waals surface area contributed by atoms with Gasteiger partial charge in [-0.05, 0) is 13.8 Å². The fourth-order valence-electron chi connectivity index (χ4n) is 1.07. The van der Waals surface area contributed by atoms with E-state index in [4.69, 9.17) is 0 Å². The molecule has 0 aliphatic carbocycles. The standard InChI is InChI=1S/2C7H8.5C2H6.2CH4/c2*1-7-5-3-2-4-6-7;5*1-2;;/h2*2-6H,1H3;5*1-2H3;2*1H4. The third kappa shape index (κ3) is 49.5. The van der Waals surface area contributed by atoms with Crippen molar-refractivity contribution in [3.63, 3.8) is 0 Å². The van der Waals surface area contributed by atoms with Crippen molar-refractivity contribution in [2.24, 2.45) is 0 Å². The molecule has 0 atom stereocenters. The highest BCUT2D eigenvalue weighted by molar-refractivity contribution is 5.12. The predicted octanol–water partition coefficient (Wildman–Crippen LogP) is 10.4. The Bertz CT molecular complexity index is 297. The van der Waals surface area contributed by atoms with Crippen molar-refractivity contribution in [2.45, 2.75) is 97.9 Å². The summed E-state index contributed by atoms with van der Waals surface area (Å²) in [6.45, 7) is 24.2. The number of benzene rings is 2. The lowest BCUT2D eigenvalue weighted by atomic mass is 10.2. The van der Waals surface area contributed by atoms with Gasteiger partial charge in [0.25, 0.3) is 0 Å². The van der Waals surface area contributed by atoms with Gasteiger partial charge >= 0.3 is 0 Å². The van der Waals surface area contributed by atoms with Crippen molar-refractivity contribution in [1.82, 2.24) is 0 Å². The van der Waals surface area contributed by atoms with Crippen molar-refractivity contribution >= 4 is 0 Å². The maximum absolute atomic E-state index is 2.08. The highest BCUT2D eigenvalue weighted by Gasteiger charge is 1.72.